The first-order valence-corrected chi connectivity index (χ1v) is 7.44. The van der Waals surface area contributed by atoms with Crippen molar-refractivity contribution in [3.05, 3.63) is 0 Å². The molecule has 1 fully saturated rings. The van der Waals surface area contributed by atoms with E-state index in [1.165, 1.54) is 19.3 Å². The van der Waals surface area contributed by atoms with Crippen molar-refractivity contribution < 1.29 is 13.2 Å². The van der Waals surface area contributed by atoms with E-state index < -0.39 is 5.51 Å². The lowest BCUT2D eigenvalue weighted by atomic mass is 9.95. The Kier molecular flexibility index (Phi) is 6.70. The van der Waals surface area contributed by atoms with Crippen molar-refractivity contribution >= 4 is 11.8 Å². The van der Waals surface area contributed by atoms with Crippen LogP contribution in [0.2, 0.25) is 0 Å². The van der Waals surface area contributed by atoms with E-state index in [4.69, 9.17) is 0 Å². The summed E-state index contributed by atoms with van der Waals surface area (Å²) in [6.45, 7) is 3.04. The summed E-state index contributed by atoms with van der Waals surface area (Å²) in [5.41, 5.74) is -4.06. The molecule has 0 aromatic rings. The quantitative estimate of drug-likeness (QED) is 0.751. The molecule has 1 aliphatic carbocycles. The molecule has 1 aliphatic rings. The van der Waals surface area contributed by atoms with Gasteiger partial charge in [-0.05, 0) is 31.7 Å². The van der Waals surface area contributed by atoms with Crippen LogP contribution in [-0.4, -0.2) is 23.8 Å². The van der Waals surface area contributed by atoms with E-state index in [9.17, 15) is 13.2 Å². The predicted octanol–water partition coefficient (Wildman–Crippen LogP) is 4.19. The number of hydrogen-bond acceptors (Lipinski definition) is 2. The molecule has 0 saturated heterocycles. The van der Waals surface area contributed by atoms with Crippen LogP contribution in [-0.2, 0) is 0 Å². The van der Waals surface area contributed by atoms with E-state index in [0.29, 0.717) is 18.4 Å². The summed E-state index contributed by atoms with van der Waals surface area (Å²) in [5.74, 6) is 0.684. The summed E-state index contributed by atoms with van der Waals surface area (Å²) in [6.07, 6.45) is 6.40. The minimum absolute atomic E-state index is 0.128. The fourth-order valence-electron chi connectivity index (χ4n) is 2.54. The minimum Gasteiger partial charge on any atom is -0.314 e. The fourth-order valence-corrected chi connectivity index (χ4v) is 3.22. The van der Waals surface area contributed by atoms with Crippen LogP contribution in [0.15, 0.2) is 0 Å². The third kappa shape index (κ3) is 7.19. The normalized spacial score (nSPS) is 26.8. The van der Waals surface area contributed by atoms with Gasteiger partial charge in [0.25, 0.3) is 0 Å². The highest BCUT2D eigenvalue weighted by molar-refractivity contribution is 8.00. The molecule has 0 radical (unpaired) electrons. The van der Waals surface area contributed by atoms with E-state index in [2.05, 4.69) is 12.2 Å². The van der Waals surface area contributed by atoms with E-state index >= 15 is 0 Å². The molecule has 0 amide bonds. The molecule has 2 atom stereocenters. The molecule has 1 saturated carbocycles. The Bertz CT molecular complexity index is 208. The standard InChI is InChI=1S/C12H22F3NS/c1-2-16-11-6-4-3-5-10(9-11)7-8-17-12(13,14)15/h10-11,16H,2-9H2,1H3. The summed E-state index contributed by atoms with van der Waals surface area (Å²) in [5, 5.41) is 3.43. The van der Waals surface area contributed by atoms with Crippen LogP contribution >= 0.6 is 11.8 Å². The summed E-state index contributed by atoms with van der Waals surface area (Å²) in [6, 6.07) is 0.517. The predicted molar refractivity (Wildman–Crippen MR) is 67.2 cm³/mol. The molecular formula is C12H22F3NS. The zero-order valence-electron chi connectivity index (χ0n) is 10.4. The van der Waals surface area contributed by atoms with Crippen LogP contribution in [0.1, 0.15) is 45.4 Å². The molecular weight excluding hydrogens is 247 g/mol. The van der Waals surface area contributed by atoms with E-state index in [-0.39, 0.29) is 17.5 Å². The van der Waals surface area contributed by atoms with E-state index in [1.54, 1.807) is 0 Å². The Morgan fingerprint density at radius 3 is 2.59 bits per heavy atom. The number of alkyl halides is 3. The maximum Gasteiger partial charge on any atom is 0.441 e. The Morgan fingerprint density at radius 1 is 1.24 bits per heavy atom. The minimum atomic E-state index is -4.06. The molecule has 102 valence electrons. The van der Waals surface area contributed by atoms with Gasteiger partial charge in [-0.1, -0.05) is 37.9 Å². The van der Waals surface area contributed by atoms with Gasteiger partial charge in [0.05, 0.1) is 0 Å². The summed E-state index contributed by atoms with van der Waals surface area (Å²) in [7, 11) is 0. The summed E-state index contributed by atoms with van der Waals surface area (Å²) >= 11 is 0.128. The van der Waals surface area contributed by atoms with Gasteiger partial charge in [-0.15, -0.1) is 0 Å². The third-order valence-corrected chi connectivity index (χ3v) is 4.08. The van der Waals surface area contributed by atoms with Crippen molar-refractivity contribution in [2.75, 3.05) is 12.3 Å². The highest BCUT2D eigenvalue weighted by atomic mass is 32.2. The number of nitrogens with one attached hydrogen (secondary N) is 1. The molecule has 1 rings (SSSR count). The highest BCUT2D eigenvalue weighted by Gasteiger charge is 2.28. The lowest BCUT2D eigenvalue weighted by Gasteiger charge is -2.20. The number of rotatable bonds is 5. The Hall–Kier alpha value is 0.100. The molecule has 0 aromatic heterocycles. The molecule has 0 spiro atoms. The molecule has 0 bridgehead atoms. The van der Waals surface area contributed by atoms with Crippen LogP contribution in [0, 0.1) is 5.92 Å². The van der Waals surface area contributed by atoms with Gasteiger partial charge in [0, 0.05) is 11.8 Å². The smallest absolute Gasteiger partial charge is 0.314 e. The second kappa shape index (κ2) is 7.52. The van der Waals surface area contributed by atoms with Gasteiger partial charge in [0.15, 0.2) is 0 Å². The van der Waals surface area contributed by atoms with Gasteiger partial charge >= 0.3 is 5.51 Å². The van der Waals surface area contributed by atoms with Gasteiger partial charge in [-0.2, -0.15) is 13.2 Å². The molecule has 1 N–H and O–H groups in total. The number of halogens is 3. The van der Waals surface area contributed by atoms with Crippen LogP contribution in [0.25, 0.3) is 0 Å². The maximum atomic E-state index is 12.0. The second-order valence-electron chi connectivity index (χ2n) is 4.72. The van der Waals surface area contributed by atoms with Gasteiger partial charge in [-0.3, -0.25) is 0 Å². The van der Waals surface area contributed by atoms with Crippen LogP contribution in [0.3, 0.4) is 0 Å². The fraction of sp³-hybridized carbons (Fsp3) is 1.00. The molecule has 0 heterocycles. The monoisotopic (exact) mass is 269 g/mol. The van der Waals surface area contributed by atoms with Crippen molar-refractivity contribution in [2.24, 2.45) is 5.92 Å². The van der Waals surface area contributed by atoms with E-state index in [0.717, 1.165) is 19.4 Å². The van der Waals surface area contributed by atoms with Gasteiger partial charge < -0.3 is 5.32 Å². The van der Waals surface area contributed by atoms with Crippen molar-refractivity contribution in [3.63, 3.8) is 0 Å². The third-order valence-electron chi connectivity index (χ3n) is 3.32. The van der Waals surface area contributed by atoms with Gasteiger partial charge in [0.2, 0.25) is 0 Å². The molecule has 2 unspecified atom stereocenters. The average molecular weight is 269 g/mol. The first kappa shape index (κ1) is 15.2. The zero-order chi connectivity index (χ0) is 12.7. The molecule has 0 aliphatic heterocycles. The molecule has 5 heteroatoms. The summed E-state index contributed by atoms with van der Waals surface area (Å²) in [4.78, 5) is 0. The first-order chi connectivity index (χ1) is 8.01. The number of hydrogen-bond donors (Lipinski definition) is 1. The lowest BCUT2D eigenvalue weighted by molar-refractivity contribution is -0.0328. The van der Waals surface area contributed by atoms with Crippen LogP contribution < -0.4 is 5.32 Å². The van der Waals surface area contributed by atoms with Gasteiger partial charge in [-0.25, -0.2) is 0 Å². The lowest BCUT2D eigenvalue weighted by Crippen LogP contribution is -2.30. The largest absolute Gasteiger partial charge is 0.441 e. The van der Waals surface area contributed by atoms with Crippen LogP contribution in [0.4, 0.5) is 13.2 Å². The average Bonchev–Trinajstić information content (AvgIpc) is 2.42. The topological polar surface area (TPSA) is 12.0 Å². The Labute approximate surface area is 106 Å². The summed E-state index contributed by atoms with van der Waals surface area (Å²) < 4.78 is 36.1. The van der Waals surface area contributed by atoms with Crippen molar-refractivity contribution in [1.82, 2.24) is 5.32 Å². The van der Waals surface area contributed by atoms with Crippen LogP contribution in [0.5, 0.6) is 0 Å². The maximum absolute atomic E-state index is 12.0. The Morgan fingerprint density at radius 2 is 1.94 bits per heavy atom. The van der Waals surface area contributed by atoms with Crippen molar-refractivity contribution in [3.8, 4) is 0 Å². The van der Waals surface area contributed by atoms with Gasteiger partial charge in [0.1, 0.15) is 0 Å². The van der Waals surface area contributed by atoms with Crippen molar-refractivity contribution in [2.45, 2.75) is 57.0 Å². The molecule has 17 heavy (non-hydrogen) atoms. The molecule has 0 aromatic carbocycles. The highest BCUT2D eigenvalue weighted by Crippen LogP contribution is 2.33. The number of thioether (sulfide) groups is 1. The van der Waals surface area contributed by atoms with Crippen molar-refractivity contribution in [1.29, 1.82) is 0 Å². The SMILES string of the molecule is CCNC1CCCCC(CCSC(F)(F)F)C1. The molecule has 1 nitrogen and oxygen atoms in total. The zero-order valence-corrected chi connectivity index (χ0v) is 11.2. The Balaban J connectivity index is 2.26. The van der Waals surface area contributed by atoms with E-state index in [1.807, 2.05) is 0 Å². The second-order valence-corrected chi connectivity index (χ2v) is 5.88. The first-order valence-electron chi connectivity index (χ1n) is 6.45.